The Bertz CT molecular complexity index is 380. The van der Waals surface area contributed by atoms with Crippen LogP contribution in [0.2, 0.25) is 0 Å². The quantitative estimate of drug-likeness (QED) is 0.689. The van der Waals surface area contributed by atoms with E-state index in [0.29, 0.717) is 5.82 Å². The minimum atomic E-state index is 0.608. The molecule has 0 radical (unpaired) electrons. The van der Waals surface area contributed by atoms with Crippen LogP contribution in [0.1, 0.15) is 19.4 Å². The van der Waals surface area contributed by atoms with Gasteiger partial charge in [0, 0.05) is 11.6 Å². The molecule has 14 heavy (non-hydrogen) atoms. The molecule has 0 amide bonds. The lowest BCUT2D eigenvalue weighted by Crippen LogP contribution is -1.91. The lowest BCUT2D eigenvalue weighted by Gasteiger charge is -2.02. The number of hydrogen-bond acceptors (Lipinski definition) is 2. The van der Waals surface area contributed by atoms with E-state index in [1.807, 2.05) is 32.0 Å². The Morgan fingerprint density at radius 1 is 1.07 bits per heavy atom. The molecule has 2 N–H and O–H groups in total. The Labute approximate surface area is 84.8 Å². The van der Waals surface area contributed by atoms with E-state index in [9.17, 15) is 0 Å². The molecule has 0 atom stereocenters. The zero-order chi connectivity index (χ0) is 10.6. The predicted molar refractivity (Wildman–Crippen MR) is 62.2 cm³/mol. The third-order valence-corrected chi connectivity index (χ3v) is 2.05. The molecule has 1 heterocycles. The van der Waals surface area contributed by atoms with Crippen LogP contribution < -0.4 is 5.73 Å². The van der Waals surface area contributed by atoms with Gasteiger partial charge in [-0.3, -0.25) is 0 Å². The Kier molecular flexibility index (Phi) is 3.46. The van der Waals surface area contributed by atoms with Crippen LogP contribution >= 0.6 is 0 Å². The number of nitrogen functional groups attached to an aromatic ring is 1. The van der Waals surface area contributed by atoms with Crippen molar-refractivity contribution >= 4 is 16.6 Å². The maximum Gasteiger partial charge on any atom is 0.131 e. The molecule has 0 unspecified atom stereocenters. The molecule has 2 aromatic rings. The van der Waals surface area contributed by atoms with Gasteiger partial charge in [-0.05, 0) is 23.9 Å². The molecule has 1 aromatic heterocycles. The highest BCUT2D eigenvalue weighted by Gasteiger charge is 1.98. The van der Waals surface area contributed by atoms with Crippen molar-refractivity contribution < 1.29 is 0 Å². The van der Waals surface area contributed by atoms with Gasteiger partial charge in [-0.1, -0.05) is 32.0 Å². The van der Waals surface area contributed by atoms with E-state index in [2.05, 4.69) is 18.0 Å². The van der Waals surface area contributed by atoms with E-state index in [1.54, 1.807) is 6.20 Å². The molecule has 0 saturated carbocycles. The van der Waals surface area contributed by atoms with E-state index in [-0.39, 0.29) is 0 Å². The minimum absolute atomic E-state index is 0.608. The summed E-state index contributed by atoms with van der Waals surface area (Å²) in [6, 6.07) is 8.04. The van der Waals surface area contributed by atoms with Gasteiger partial charge in [0.05, 0.1) is 0 Å². The number of hydrogen-bond donors (Lipinski definition) is 1. The van der Waals surface area contributed by atoms with Crippen LogP contribution in [0.4, 0.5) is 5.82 Å². The van der Waals surface area contributed by atoms with Crippen LogP contribution in [-0.4, -0.2) is 4.98 Å². The average molecular weight is 188 g/mol. The lowest BCUT2D eigenvalue weighted by molar-refractivity contribution is 1.36. The molecular formula is C12H16N2. The molecular weight excluding hydrogens is 172 g/mol. The van der Waals surface area contributed by atoms with Crippen LogP contribution in [0, 0.1) is 6.92 Å². The van der Waals surface area contributed by atoms with Gasteiger partial charge in [0.25, 0.3) is 0 Å². The van der Waals surface area contributed by atoms with Crippen molar-refractivity contribution in [1.82, 2.24) is 4.98 Å². The number of benzene rings is 1. The summed E-state index contributed by atoms with van der Waals surface area (Å²) in [5.74, 6) is 0.608. The zero-order valence-corrected chi connectivity index (χ0v) is 8.91. The van der Waals surface area contributed by atoms with Gasteiger partial charge in [-0.2, -0.15) is 0 Å². The van der Waals surface area contributed by atoms with Crippen molar-refractivity contribution in [2.75, 3.05) is 5.73 Å². The number of fused-ring (bicyclic) bond motifs is 1. The molecule has 0 spiro atoms. The number of rotatable bonds is 0. The molecule has 0 bridgehead atoms. The van der Waals surface area contributed by atoms with Crippen LogP contribution in [0.25, 0.3) is 10.8 Å². The van der Waals surface area contributed by atoms with Crippen LogP contribution in [0.3, 0.4) is 0 Å². The van der Waals surface area contributed by atoms with E-state index in [1.165, 1.54) is 10.9 Å². The molecule has 1 aromatic carbocycles. The second-order valence-corrected chi connectivity index (χ2v) is 2.87. The van der Waals surface area contributed by atoms with Gasteiger partial charge < -0.3 is 5.73 Å². The summed E-state index contributed by atoms with van der Waals surface area (Å²) in [4.78, 5) is 4.03. The summed E-state index contributed by atoms with van der Waals surface area (Å²) in [5, 5.41) is 2.22. The summed E-state index contributed by atoms with van der Waals surface area (Å²) in [6.45, 7) is 6.07. The van der Waals surface area contributed by atoms with E-state index < -0.39 is 0 Å². The molecule has 74 valence electrons. The molecule has 0 saturated heterocycles. The number of nitrogens with two attached hydrogens (primary N) is 1. The lowest BCUT2D eigenvalue weighted by atomic mass is 10.1. The van der Waals surface area contributed by atoms with Crippen LogP contribution in [0.5, 0.6) is 0 Å². The third-order valence-electron chi connectivity index (χ3n) is 2.05. The monoisotopic (exact) mass is 188 g/mol. The van der Waals surface area contributed by atoms with Crippen molar-refractivity contribution in [3.05, 3.63) is 36.0 Å². The number of pyridine rings is 1. The predicted octanol–water partition coefficient (Wildman–Crippen LogP) is 3.15. The highest BCUT2D eigenvalue weighted by Crippen LogP contribution is 2.20. The second kappa shape index (κ2) is 4.61. The molecule has 0 aliphatic heterocycles. The number of aryl methyl sites for hydroxylation is 1. The van der Waals surface area contributed by atoms with E-state index in [0.717, 1.165) is 5.39 Å². The summed E-state index contributed by atoms with van der Waals surface area (Å²) < 4.78 is 0. The van der Waals surface area contributed by atoms with Crippen LogP contribution in [0.15, 0.2) is 30.5 Å². The Morgan fingerprint density at radius 3 is 2.43 bits per heavy atom. The number of anilines is 1. The largest absolute Gasteiger partial charge is 0.383 e. The molecule has 2 nitrogen and oxygen atoms in total. The molecule has 2 heteroatoms. The van der Waals surface area contributed by atoms with Gasteiger partial charge in [0.1, 0.15) is 5.82 Å². The normalized spacial score (nSPS) is 9.36. The molecule has 0 fully saturated rings. The average Bonchev–Trinajstić information content (AvgIpc) is 2.23. The van der Waals surface area contributed by atoms with Crippen molar-refractivity contribution in [3.63, 3.8) is 0 Å². The fourth-order valence-electron chi connectivity index (χ4n) is 1.39. The molecule has 0 aliphatic rings. The SMILES string of the molecule is CC.Cc1cccc2c(N)nccc12. The summed E-state index contributed by atoms with van der Waals surface area (Å²) in [7, 11) is 0. The maximum absolute atomic E-state index is 5.71. The fraction of sp³-hybridized carbons (Fsp3) is 0.250. The first-order chi connectivity index (χ1) is 6.79. The van der Waals surface area contributed by atoms with Gasteiger partial charge >= 0.3 is 0 Å². The summed E-state index contributed by atoms with van der Waals surface area (Å²) in [5.41, 5.74) is 6.95. The second-order valence-electron chi connectivity index (χ2n) is 2.87. The highest BCUT2D eigenvalue weighted by molar-refractivity contribution is 5.92. The van der Waals surface area contributed by atoms with Gasteiger partial charge in [-0.25, -0.2) is 4.98 Å². The smallest absolute Gasteiger partial charge is 0.131 e. The first-order valence-electron chi connectivity index (χ1n) is 4.89. The standard InChI is InChI=1S/C10H10N2.C2H6/c1-7-3-2-4-9-8(7)5-6-12-10(9)11;1-2/h2-6H,1H3,(H2,11,12);1-2H3. The number of nitrogens with zero attached hydrogens (tertiary/aromatic N) is 1. The van der Waals surface area contributed by atoms with E-state index >= 15 is 0 Å². The topological polar surface area (TPSA) is 38.9 Å². The number of aromatic nitrogens is 1. The van der Waals surface area contributed by atoms with Crippen molar-refractivity contribution in [3.8, 4) is 0 Å². The first-order valence-corrected chi connectivity index (χ1v) is 4.89. The molecule has 2 rings (SSSR count). The van der Waals surface area contributed by atoms with Gasteiger partial charge in [-0.15, -0.1) is 0 Å². The molecule has 0 aliphatic carbocycles. The van der Waals surface area contributed by atoms with Gasteiger partial charge in [0.15, 0.2) is 0 Å². The van der Waals surface area contributed by atoms with Crippen molar-refractivity contribution in [1.29, 1.82) is 0 Å². The van der Waals surface area contributed by atoms with Crippen molar-refractivity contribution in [2.24, 2.45) is 0 Å². The third kappa shape index (κ3) is 1.84. The summed E-state index contributed by atoms with van der Waals surface area (Å²) >= 11 is 0. The maximum atomic E-state index is 5.71. The zero-order valence-electron chi connectivity index (χ0n) is 8.91. The highest BCUT2D eigenvalue weighted by atomic mass is 14.8. The first kappa shape index (κ1) is 10.5. The van der Waals surface area contributed by atoms with Crippen LogP contribution in [-0.2, 0) is 0 Å². The Morgan fingerprint density at radius 2 is 1.79 bits per heavy atom. The van der Waals surface area contributed by atoms with Crippen molar-refractivity contribution in [2.45, 2.75) is 20.8 Å². The Balaban J connectivity index is 0.000000461. The fourth-order valence-corrected chi connectivity index (χ4v) is 1.39. The summed E-state index contributed by atoms with van der Waals surface area (Å²) in [6.07, 6.45) is 1.74. The van der Waals surface area contributed by atoms with E-state index in [4.69, 9.17) is 5.73 Å². The van der Waals surface area contributed by atoms with Gasteiger partial charge in [0.2, 0.25) is 0 Å². The Hall–Kier alpha value is -1.57. The minimum Gasteiger partial charge on any atom is -0.383 e.